The van der Waals surface area contributed by atoms with Crippen LogP contribution in [0.15, 0.2) is 12.4 Å². The molecule has 3 heterocycles. The zero-order valence-electron chi connectivity index (χ0n) is 12.4. The van der Waals surface area contributed by atoms with Crippen LogP contribution in [0.2, 0.25) is 0 Å². The summed E-state index contributed by atoms with van der Waals surface area (Å²) in [5.41, 5.74) is 1.49. The van der Waals surface area contributed by atoms with Crippen molar-refractivity contribution in [1.82, 2.24) is 14.7 Å². The van der Waals surface area contributed by atoms with Crippen LogP contribution in [-0.2, 0) is 11.8 Å². The Morgan fingerprint density at radius 1 is 1.45 bits per heavy atom. The van der Waals surface area contributed by atoms with Gasteiger partial charge >= 0.3 is 0 Å². The smallest absolute Gasteiger partial charge is 0.0827 e. The van der Waals surface area contributed by atoms with Gasteiger partial charge in [-0.2, -0.15) is 5.10 Å². The summed E-state index contributed by atoms with van der Waals surface area (Å²) in [7, 11) is 1.99. The van der Waals surface area contributed by atoms with Gasteiger partial charge in [0.25, 0.3) is 0 Å². The van der Waals surface area contributed by atoms with Crippen LogP contribution in [0.3, 0.4) is 0 Å². The Hall–Kier alpha value is -0.870. The molecule has 0 bridgehead atoms. The molecule has 2 unspecified atom stereocenters. The van der Waals surface area contributed by atoms with Gasteiger partial charge in [-0.3, -0.25) is 4.68 Å². The van der Waals surface area contributed by atoms with Gasteiger partial charge in [0.15, 0.2) is 0 Å². The van der Waals surface area contributed by atoms with Crippen molar-refractivity contribution in [2.24, 2.45) is 13.0 Å². The number of nitrogens with zero attached hydrogens (tertiary/aromatic N) is 3. The summed E-state index contributed by atoms with van der Waals surface area (Å²) < 4.78 is 8.16. The van der Waals surface area contributed by atoms with E-state index in [1.54, 1.807) is 0 Å². The minimum Gasteiger partial charge on any atom is -0.373 e. The molecule has 0 aromatic carbocycles. The van der Waals surface area contributed by atoms with Crippen LogP contribution in [0, 0.1) is 5.92 Å². The first kappa shape index (κ1) is 12.8. The van der Waals surface area contributed by atoms with E-state index in [-0.39, 0.29) is 5.60 Å². The fourth-order valence-corrected chi connectivity index (χ4v) is 4.12. The highest BCUT2D eigenvalue weighted by Gasteiger charge is 2.46. The van der Waals surface area contributed by atoms with Crippen molar-refractivity contribution < 1.29 is 4.74 Å². The number of aryl methyl sites for hydroxylation is 1. The largest absolute Gasteiger partial charge is 0.373 e. The molecule has 1 aromatic heterocycles. The van der Waals surface area contributed by atoms with E-state index >= 15 is 0 Å². The second kappa shape index (κ2) is 4.85. The topological polar surface area (TPSA) is 30.3 Å². The summed E-state index contributed by atoms with van der Waals surface area (Å²) in [6.07, 6.45) is 10.9. The molecule has 110 valence electrons. The van der Waals surface area contributed by atoms with Gasteiger partial charge in [0, 0.05) is 38.8 Å². The van der Waals surface area contributed by atoms with E-state index < -0.39 is 0 Å². The van der Waals surface area contributed by atoms with Crippen LogP contribution in [0.1, 0.15) is 43.6 Å². The molecule has 2 aliphatic heterocycles. The highest BCUT2D eigenvalue weighted by Crippen LogP contribution is 2.42. The Labute approximate surface area is 121 Å². The molecule has 1 aromatic rings. The Morgan fingerprint density at radius 3 is 3.05 bits per heavy atom. The third kappa shape index (κ3) is 2.29. The zero-order valence-corrected chi connectivity index (χ0v) is 12.4. The standard InChI is InChI=1S/C16H25N3O/c1-18-10-15(8-17-18)14-7-16(20-11-14)5-6-19(12-16)9-13-3-2-4-13/h8,10,13-14H,2-7,9,11-12H2,1H3. The van der Waals surface area contributed by atoms with Gasteiger partial charge in [0.05, 0.1) is 18.4 Å². The van der Waals surface area contributed by atoms with E-state index in [1.807, 2.05) is 17.9 Å². The molecule has 1 saturated carbocycles. The highest BCUT2D eigenvalue weighted by atomic mass is 16.5. The quantitative estimate of drug-likeness (QED) is 0.847. The van der Waals surface area contributed by atoms with E-state index in [2.05, 4.69) is 16.2 Å². The van der Waals surface area contributed by atoms with Crippen molar-refractivity contribution in [3.8, 4) is 0 Å². The van der Waals surface area contributed by atoms with Crippen LogP contribution < -0.4 is 0 Å². The molecular weight excluding hydrogens is 250 g/mol. The Morgan fingerprint density at radius 2 is 2.35 bits per heavy atom. The number of hydrogen-bond donors (Lipinski definition) is 0. The molecule has 2 saturated heterocycles. The van der Waals surface area contributed by atoms with Gasteiger partial charge in [-0.15, -0.1) is 0 Å². The molecule has 1 aliphatic carbocycles. The molecule has 3 aliphatic rings. The number of hydrogen-bond acceptors (Lipinski definition) is 3. The summed E-state index contributed by atoms with van der Waals surface area (Å²) in [5, 5.41) is 4.30. The maximum Gasteiger partial charge on any atom is 0.0827 e. The Bertz CT molecular complexity index is 482. The van der Waals surface area contributed by atoms with Gasteiger partial charge in [0.1, 0.15) is 0 Å². The van der Waals surface area contributed by atoms with Crippen LogP contribution >= 0.6 is 0 Å². The molecule has 4 nitrogen and oxygen atoms in total. The minimum absolute atomic E-state index is 0.143. The van der Waals surface area contributed by atoms with Crippen LogP contribution in [0.4, 0.5) is 0 Å². The SMILES string of the molecule is Cn1cc(C2COC3(CCN(CC4CCC4)C3)C2)cn1. The van der Waals surface area contributed by atoms with E-state index in [4.69, 9.17) is 4.74 Å². The fraction of sp³-hybridized carbons (Fsp3) is 0.812. The van der Waals surface area contributed by atoms with Crippen molar-refractivity contribution in [3.63, 3.8) is 0 Å². The molecule has 0 N–H and O–H groups in total. The molecule has 4 rings (SSSR count). The first-order chi connectivity index (χ1) is 9.72. The maximum atomic E-state index is 6.26. The molecule has 1 spiro atoms. The predicted octanol–water partition coefficient (Wildman–Crippen LogP) is 2.17. The first-order valence-corrected chi connectivity index (χ1v) is 8.07. The number of ether oxygens (including phenoxy) is 1. The third-order valence-corrected chi connectivity index (χ3v) is 5.54. The van der Waals surface area contributed by atoms with Gasteiger partial charge in [-0.05, 0) is 37.2 Å². The van der Waals surface area contributed by atoms with E-state index in [9.17, 15) is 0 Å². The maximum absolute atomic E-state index is 6.26. The fourth-order valence-electron chi connectivity index (χ4n) is 4.12. The number of aromatic nitrogens is 2. The molecule has 0 radical (unpaired) electrons. The van der Waals surface area contributed by atoms with Crippen LogP contribution in [0.25, 0.3) is 0 Å². The third-order valence-electron chi connectivity index (χ3n) is 5.54. The summed E-state index contributed by atoms with van der Waals surface area (Å²) in [6.45, 7) is 4.57. The summed E-state index contributed by atoms with van der Waals surface area (Å²) in [6, 6.07) is 0. The lowest BCUT2D eigenvalue weighted by Crippen LogP contribution is -2.36. The van der Waals surface area contributed by atoms with Crippen molar-refractivity contribution >= 4 is 0 Å². The molecule has 0 amide bonds. The van der Waals surface area contributed by atoms with E-state index in [0.29, 0.717) is 5.92 Å². The average molecular weight is 275 g/mol. The highest BCUT2D eigenvalue weighted by molar-refractivity contribution is 5.16. The molecule has 4 heteroatoms. The van der Waals surface area contributed by atoms with Crippen LogP contribution in [-0.4, -0.2) is 46.5 Å². The summed E-state index contributed by atoms with van der Waals surface area (Å²) in [5.74, 6) is 1.52. The van der Waals surface area contributed by atoms with Crippen molar-refractivity contribution in [2.45, 2.75) is 43.6 Å². The van der Waals surface area contributed by atoms with Gasteiger partial charge < -0.3 is 9.64 Å². The van der Waals surface area contributed by atoms with Gasteiger partial charge in [-0.25, -0.2) is 0 Å². The number of rotatable bonds is 3. The lowest BCUT2D eigenvalue weighted by Gasteiger charge is -2.31. The van der Waals surface area contributed by atoms with Gasteiger partial charge in [-0.1, -0.05) is 6.42 Å². The molecule has 3 fully saturated rings. The second-order valence-electron chi connectivity index (χ2n) is 7.12. The molecule has 2 atom stereocenters. The monoisotopic (exact) mass is 275 g/mol. The Kier molecular flexibility index (Phi) is 3.11. The van der Waals surface area contributed by atoms with E-state index in [1.165, 1.54) is 50.8 Å². The minimum atomic E-state index is 0.143. The van der Waals surface area contributed by atoms with Crippen molar-refractivity contribution in [3.05, 3.63) is 18.0 Å². The second-order valence-corrected chi connectivity index (χ2v) is 7.12. The van der Waals surface area contributed by atoms with Crippen molar-refractivity contribution in [2.75, 3.05) is 26.2 Å². The first-order valence-electron chi connectivity index (χ1n) is 8.07. The number of likely N-dealkylation sites (tertiary alicyclic amines) is 1. The zero-order chi connectivity index (χ0) is 13.6. The molecular formula is C16H25N3O. The average Bonchev–Trinajstić information content (AvgIpc) is 3.07. The normalized spacial score (nSPS) is 35.0. The lowest BCUT2D eigenvalue weighted by molar-refractivity contribution is 0.0103. The van der Waals surface area contributed by atoms with Gasteiger partial charge in [0.2, 0.25) is 0 Å². The summed E-state index contributed by atoms with van der Waals surface area (Å²) >= 11 is 0. The Balaban J connectivity index is 1.37. The van der Waals surface area contributed by atoms with Crippen LogP contribution in [0.5, 0.6) is 0 Å². The predicted molar refractivity (Wildman–Crippen MR) is 77.6 cm³/mol. The molecule has 20 heavy (non-hydrogen) atoms. The van der Waals surface area contributed by atoms with E-state index in [0.717, 1.165) is 19.1 Å². The summed E-state index contributed by atoms with van der Waals surface area (Å²) in [4.78, 5) is 2.65. The van der Waals surface area contributed by atoms with Crippen molar-refractivity contribution in [1.29, 1.82) is 0 Å². The lowest BCUT2D eigenvalue weighted by atomic mass is 9.85.